The minimum absolute atomic E-state index is 0.0952. The molecule has 6 nitrogen and oxygen atoms in total. The molecule has 2 aromatic rings. The van der Waals surface area contributed by atoms with Crippen LogP contribution in [0.3, 0.4) is 0 Å². The predicted molar refractivity (Wildman–Crippen MR) is 74.4 cm³/mol. The van der Waals surface area contributed by atoms with Gasteiger partial charge in [-0.1, -0.05) is 48.8 Å². The second-order valence-corrected chi connectivity index (χ2v) is 4.99. The van der Waals surface area contributed by atoms with Crippen LogP contribution >= 0.6 is 0 Å². The highest BCUT2D eigenvalue weighted by atomic mass is 16.5. The molecule has 0 saturated carbocycles. The molecule has 0 radical (unpaired) electrons. The lowest BCUT2D eigenvalue weighted by atomic mass is 10.1. The molecule has 1 aromatic carbocycles. The lowest BCUT2D eigenvalue weighted by Crippen LogP contribution is -2.34. The van der Waals surface area contributed by atoms with E-state index >= 15 is 0 Å². The summed E-state index contributed by atoms with van der Waals surface area (Å²) >= 11 is 0. The SMILES string of the molecule is Cc1ccc(-c2noc(N[C@H](C(=O)O)C(C)C)n2)cc1. The van der Waals surface area contributed by atoms with Gasteiger partial charge in [0.25, 0.3) is 0 Å². The van der Waals surface area contributed by atoms with Gasteiger partial charge in [0.2, 0.25) is 5.82 Å². The number of aryl methyl sites for hydroxylation is 1. The Morgan fingerprint density at radius 1 is 1.30 bits per heavy atom. The number of carboxylic acids is 1. The fourth-order valence-electron chi connectivity index (χ4n) is 1.75. The zero-order chi connectivity index (χ0) is 14.7. The predicted octanol–water partition coefficient (Wildman–Crippen LogP) is 2.57. The molecule has 0 aliphatic rings. The lowest BCUT2D eigenvalue weighted by molar-refractivity contribution is -0.138. The van der Waals surface area contributed by atoms with Gasteiger partial charge >= 0.3 is 12.0 Å². The van der Waals surface area contributed by atoms with Crippen LogP contribution in [0.15, 0.2) is 28.8 Å². The number of carboxylic acid groups (broad SMARTS) is 1. The van der Waals surface area contributed by atoms with Crippen molar-refractivity contribution in [3.63, 3.8) is 0 Å². The van der Waals surface area contributed by atoms with E-state index in [0.29, 0.717) is 5.82 Å². The van der Waals surface area contributed by atoms with E-state index in [9.17, 15) is 4.79 Å². The number of aromatic nitrogens is 2. The van der Waals surface area contributed by atoms with Crippen molar-refractivity contribution in [3.05, 3.63) is 29.8 Å². The Labute approximate surface area is 116 Å². The van der Waals surface area contributed by atoms with Crippen LogP contribution < -0.4 is 5.32 Å². The third-order valence-corrected chi connectivity index (χ3v) is 2.95. The zero-order valence-electron chi connectivity index (χ0n) is 11.6. The summed E-state index contributed by atoms with van der Waals surface area (Å²) in [5.41, 5.74) is 1.96. The Morgan fingerprint density at radius 2 is 1.95 bits per heavy atom. The van der Waals surface area contributed by atoms with Crippen molar-refractivity contribution in [2.45, 2.75) is 26.8 Å². The Kier molecular flexibility index (Phi) is 4.02. The van der Waals surface area contributed by atoms with Crippen LogP contribution in [0.25, 0.3) is 11.4 Å². The van der Waals surface area contributed by atoms with E-state index in [0.717, 1.165) is 11.1 Å². The van der Waals surface area contributed by atoms with Gasteiger partial charge < -0.3 is 14.9 Å². The molecule has 0 spiro atoms. The van der Waals surface area contributed by atoms with Gasteiger partial charge in [-0.3, -0.25) is 0 Å². The Balaban J connectivity index is 2.16. The number of aliphatic carboxylic acids is 1. The number of nitrogens with zero attached hydrogens (tertiary/aromatic N) is 2. The van der Waals surface area contributed by atoms with Crippen LogP contribution in [0, 0.1) is 12.8 Å². The van der Waals surface area contributed by atoms with Crippen molar-refractivity contribution in [1.29, 1.82) is 0 Å². The van der Waals surface area contributed by atoms with Crippen LogP contribution in [0.4, 0.5) is 6.01 Å². The van der Waals surface area contributed by atoms with Gasteiger partial charge in [0.05, 0.1) is 0 Å². The van der Waals surface area contributed by atoms with E-state index < -0.39 is 12.0 Å². The van der Waals surface area contributed by atoms with Crippen molar-refractivity contribution in [2.75, 3.05) is 5.32 Å². The minimum Gasteiger partial charge on any atom is -0.480 e. The third kappa shape index (κ3) is 3.14. The van der Waals surface area contributed by atoms with Gasteiger partial charge in [-0.25, -0.2) is 4.79 Å². The molecule has 0 amide bonds. The molecule has 1 heterocycles. The van der Waals surface area contributed by atoms with Gasteiger partial charge in [0.1, 0.15) is 6.04 Å². The first kappa shape index (κ1) is 14.0. The maximum absolute atomic E-state index is 11.1. The highest BCUT2D eigenvalue weighted by molar-refractivity contribution is 5.76. The smallest absolute Gasteiger partial charge is 0.326 e. The Morgan fingerprint density at radius 3 is 2.50 bits per heavy atom. The third-order valence-electron chi connectivity index (χ3n) is 2.95. The second-order valence-electron chi connectivity index (χ2n) is 4.99. The first-order chi connectivity index (χ1) is 9.47. The molecule has 106 valence electrons. The molecule has 20 heavy (non-hydrogen) atoms. The molecule has 2 N–H and O–H groups in total. The molecule has 0 bridgehead atoms. The molecular formula is C14H17N3O3. The summed E-state index contributed by atoms with van der Waals surface area (Å²) in [6.45, 7) is 5.61. The number of hydrogen-bond acceptors (Lipinski definition) is 5. The van der Waals surface area contributed by atoms with Crippen LogP contribution in [-0.4, -0.2) is 27.3 Å². The van der Waals surface area contributed by atoms with Crippen molar-refractivity contribution in [2.24, 2.45) is 5.92 Å². The topological polar surface area (TPSA) is 88.2 Å². The minimum atomic E-state index is -0.949. The first-order valence-electron chi connectivity index (χ1n) is 6.37. The van der Waals surface area contributed by atoms with E-state index in [4.69, 9.17) is 9.63 Å². The fourth-order valence-corrected chi connectivity index (χ4v) is 1.75. The number of anilines is 1. The summed E-state index contributed by atoms with van der Waals surface area (Å²) in [7, 11) is 0. The van der Waals surface area contributed by atoms with E-state index in [1.54, 1.807) is 0 Å². The van der Waals surface area contributed by atoms with Crippen molar-refractivity contribution >= 4 is 12.0 Å². The molecule has 0 unspecified atom stereocenters. The highest BCUT2D eigenvalue weighted by Gasteiger charge is 2.23. The number of hydrogen-bond donors (Lipinski definition) is 2. The highest BCUT2D eigenvalue weighted by Crippen LogP contribution is 2.19. The summed E-state index contributed by atoms with van der Waals surface area (Å²) in [5, 5.41) is 15.7. The van der Waals surface area contributed by atoms with E-state index in [1.807, 2.05) is 45.0 Å². The van der Waals surface area contributed by atoms with E-state index in [-0.39, 0.29) is 11.9 Å². The fraction of sp³-hybridized carbons (Fsp3) is 0.357. The molecule has 1 aromatic heterocycles. The van der Waals surface area contributed by atoms with E-state index in [1.165, 1.54) is 0 Å². The maximum atomic E-state index is 11.1. The van der Waals surface area contributed by atoms with Crippen molar-refractivity contribution in [3.8, 4) is 11.4 Å². The normalized spacial score (nSPS) is 12.4. The average Bonchev–Trinajstić information content (AvgIpc) is 2.84. The quantitative estimate of drug-likeness (QED) is 0.871. The molecule has 1 atom stereocenters. The maximum Gasteiger partial charge on any atom is 0.326 e. The molecule has 2 rings (SSSR count). The average molecular weight is 275 g/mol. The molecule has 0 aliphatic heterocycles. The van der Waals surface area contributed by atoms with Crippen LogP contribution in [-0.2, 0) is 4.79 Å². The van der Waals surface area contributed by atoms with Crippen molar-refractivity contribution < 1.29 is 14.4 Å². The summed E-state index contributed by atoms with van der Waals surface area (Å²) in [6.07, 6.45) is 0. The molecule has 0 saturated heterocycles. The van der Waals surface area contributed by atoms with Crippen LogP contribution in [0.2, 0.25) is 0 Å². The lowest BCUT2D eigenvalue weighted by Gasteiger charge is -2.15. The molecular weight excluding hydrogens is 258 g/mol. The van der Waals surface area contributed by atoms with Gasteiger partial charge in [-0.05, 0) is 12.8 Å². The standard InChI is InChI=1S/C14H17N3O3/c1-8(2)11(13(18)19)15-14-16-12(17-20-14)10-6-4-9(3)5-7-10/h4-8,11H,1-3H3,(H,18,19)(H,15,16,17)/t11-/m0/s1. The summed E-state index contributed by atoms with van der Waals surface area (Å²) in [5.74, 6) is -0.613. The second kappa shape index (κ2) is 5.73. The van der Waals surface area contributed by atoms with Gasteiger partial charge in [0, 0.05) is 5.56 Å². The van der Waals surface area contributed by atoms with Crippen LogP contribution in [0.5, 0.6) is 0 Å². The van der Waals surface area contributed by atoms with Gasteiger partial charge in [-0.15, -0.1) is 0 Å². The number of rotatable bonds is 5. The Hall–Kier alpha value is -2.37. The number of benzene rings is 1. The van der Waals surface area contributed by atoms with Crippen LogP contribution in [0.1, 0.15) is 19.4 Å². The van der Waals surface area contributed by atoms with Crippen molar-refractivity contribution in [1.82, 2.24) is 10.1 Å². The summed E-state index contributed by atoms with van der Waals surface area (Å²) in [4.78, 5) is 15.3. The number of nitrogens with one attached hydrogen (secondary N) is 1. The zero-order valence-corrected chi connectivity index (χ0v) is 11.6. The molecule has 0 fully saturated rings. The summed E-state index contributed by atoms with van der Waals surface area (Å²) < 4.78 is 5.04. The number of carbonyl (C=O) groups is 1. The van der Waals surface area contributed by atoms with E-state index in [2.05, 4.69) is 15.5 Å². The summed E-state index contributed by atoms with van der Waals surface area (Å²) in [6, 6.07) is 7.03. The first-order valence-corrected chi connectivity index (χ1v) is 6.37. The monoisotopic (exact) mass is 275 g/mol. The molecule has 0 aliphatic carbocycles. The van der Waals surface area contributed by atoms with Gasteiger partial charge in [-0.2, -0.15) is 4.98 Å². The van der Waals surface area contributed by atoms with Gasteiger partial charge in [0.15, 0.2) is 0 Å². The largest absolute Gasteiger partial charge is 0.480 e. The Bertz CT molecular complexity index is 590. The molecule has 6 heteroatoms.